The largest absolute Gasteiger partial charge is 0.348 e. The summed E-state index contributed by atoms with van der Waals surface area (Å²) >= 11 is 0. The summed E-state index contributed by atoms with van der Waals surface area (Å²) in [5.41, 5.74) is 3.78. The van der Waals surface area contributed by atoms with Crippen molar-refractivity contribution >= 4 is 17.3 Å². The molecule has 1 heterocycles. The van der Waals surface area contributed by atoms with Gasteiger partial charge < -0.3 is 4.90 Å². The summed E-state index contributed by atoms with van der Waals surface area (Å²) in [4.78, 5) is 26.4. The molecule has 19 heavy (non-hydrogen) atoms. The Hall–Kier alpha value is -1.90. The number of allylic oxidation sites excluding steroid dienone is 2. The van der Waals surface area contributed by atoms with Gasteiger partial charge in [-0.3, -0.25) is 9.59 Å². The van der Waals surface area contributed by atoms with Crippen molar-refractivity contribution < 1.29 is 9.59 Å². The van der Waals surface area contributed by atoms with Gasteiger partial charge in [-0.2, -0.15) is 0 Å². The van der Waals surface area contributed by atoms with E-state index in [1.807, 2.05) is 25.2 Å². The van der Waals surface area contributed by atoms with Gasteiger partial charge in [0.1, 0.15) is 0 Å². The third-order valence-corrected chi connectivity index (χ3v) is 4.09. The molecular weight excluding hydrogens is 238 g/mol. The number of ketones is 2. The van der Waals surface area contributed by atoms with E-state index in [-0.39, 0.29) is 11.6 Å². The first kappa shape index (κ1) is 12.2. The maximum atomic E-state index is 12.2. The lowest BCUT2D eigenvalue weighted by Gasteiger charge is -2.32. The van der Waals surface area contributed by atoms with E-state index >= 15 is 0 Å². The number of hydrogen-bond donors (Lipinski definition) is 0. The molecule has 1 aliphatic carbocycles. The van der Waals surface area contributed by atoms with Gasteiger partial charge >= 0.3 is 0 Å². The molecule has 1 aromatic carbocycles. The maximum absolute atomic E-state index is 12.2. The Kier molecular flexibility index (Phi) is 2.97. The average molecular weight is 255 g/mol. The molecule has 0 unspecified atom stereocenters. The van der Waals surface area contributed by atoms with E-state index in [0.29, 0.717) is 12.0 Å². The predicted octanol–water partition coefficient (Wildman–Crippen LogP) is 3.11. The lowest BCUT2D eigenvalue weighted by atomic mass is 9.88. The normalized spacial score (nSPS) is 19.7. The number of para-hydroxylation sites is 1. The van der Waals surface area contributed by atoms with Crippen LogP contribution in [-0.2, 0) is 4.79 Å². The molecule has 3 heteroatoms. The molecule has 0 radical (unpaired) electrons. The topological polar surface area (TPSA) is 37.4 Å². The molecule has 2 aliphatic rings. The van der Waals surface area contributed by atoms with E-state index in [4.69, 9.17) is 0 Å². The second kappa shape index (κ2) is 4.65. The highest BCUT2D eigenvalue weighted by atomic mass is 16.2. The number of nitrogens with zero attached hydrogens (tertiary/aromatic N) is 1. The Morgan fingerprint density at radius 1 is 1.05 bits per heavy atom. The third kappa shape index (κ3) is 1.99. The van der Waals surface area contributed by atoms with Crippen molar-refractivity contribution in [2.75, 3.05) is 11.9 Å². The number of fused-ring (bicyclic) bond motifs is 1. The second-order valence-electron chi connectivity index (χ2n) is 5.26. The van der Waals surface area contributed by atoms with Gasteiger partial charge in [0.25, 0.3) is 0 Å². The highest BCUT2D eigenvalue weighted by Gasteiger charge is 2.28. The summed E-state index contributed by atoms with van der Waals surface area (Å²) in [6.45, 7) is 0. The molecule has 0 saturated carbocycles. The zero-order chi connectivity index (χ0) is 13.4. The molecule has 0 saturated heterocycles. The Balaban J connectivity index is 2.18. The molecule has 0 amide bonds. The SMILES string of the molecule is CN1C2=C(CCCC2)CC(=O)C(=O)c2ccccc21. The molecular formula is C16H17NO2. The monoisotopic (exact) mass is 255 g/mol. The summed E-state index contributed by atoms with van der Waals surface area (Å²) in [7, 11) is 2.00. The summed E-state index contributed by atoms with van der Waals surface area (Å²) < 4.78 is 0. The minimum absolute atomic E-state index is 0.269. The van der Waals surface area contributed by atoms with Gasteiger partial charge in [-0.1, -0.05) is 12.1 Å². The first-order valence-corrected chi connectivity index (χ1v) is 6.79. The van der Waals surface area contributed by atoms with Crippen molar-refractivity contribution in [2.24, 2.45) is 0 Å². The lowest BCUT2D eigenvalue weighted by Crippen LogP contribution is -2.28. The van der Waals surface area contributed by atoms with E-state index in [1.165, 1.54) is 5.70 Å². The minimum Gasteiger partial charge on any atom is -0.348 e. The van der Waals surface area contributed by atoms with Gasteiger partial charge in [0.15, 0.2) is 0 Å². The predicted molar refractivity (Wildman–Crippen MR) is 74.3 cm³/mol. The fraction of sp³-hybridized carbons (Fsp3) is 0.375. The van der Waals surface area contributed by atoms with Gasteiger partial charge in [0.2, 0.25) is 11.6 Å². The van der Waals surface area contributed by atoms with Gasteiger partial charge in [-0.25, -0.2) is 0 Å². The van der Waals surface area contributed by atoms with Crippen LogP contribution < -0.4 is 4.90 Å². The number of Topliss-reactive ketones (excluding diaryl/α,β-unsaturated/α-hetero) is 2. The van der Waals surface area contributed by atoms with Crippen LogP contribution in [0.15, 0.2) is 35.5 Å². The number of hydrogen-bond acceptors (Lipinski definition) is 3. The number of anilines is 1. The number of benzene rings is 1. The zero-order valence-electron chi connectivity index (χ0n) is 11.1. The maximum Gasteiger partial charge on any atom is 0.231 e. The molecule has 0 atom stereocenters. The van der Waals surface area contributed by atoms with Crippen molar-refractivity contribution in [1.82, 2.24) is 0 Å². The molecule has 0 fully saturated rings. The first-order valence-electron chi connectivity index (χ1n) is 6.79. The van der Waals surface area contributed by atoms with E-state index in [0.717, 1.165) is 36.9 Å². The van der Waals surface area contributed by atoms with Crippen LogP contribution in [0.3, 0.4) is 0 Å². The minimum atomic E-state index is -0.348. The van der Waals surface area contributed by atoms with Crippen molar-refractivity contribution in [3.63, 3.8) is 0 Å². The Morgan fingerprint density at radius 3 is 2.63 bits per heavy atom. The van der Waals surface area contributed by atoms with Crippen LogP contribution in [0.5, 0.6) is 0 Å². The van der Waals surface area contributed by atoms with E-state index < -0.39 is 0 Å². The van der Waals surface area contributed by atoms with Crippen molar-refractivity contribution in [1.29, 1.82) is 0 Å². The smallest absolute Gasteiger partial charge is 0.231 e. The van der Waals surface area contributed by atoms with Crippen LogP contribution >= 0.6 is 0 Å². The standard InChI is InChI=1S/C16H17NO2/c1-17-13-8-4-2-6-11(13)10-15(18)16(19)12-7-3-5-9-14(12)17/h3,5,7,9H,2,4,6,8,10H2,1H3. The molecule has 0 bridgehead atoms. The van der Waals surface area contributed by atoms with Crippen LogP contribution in [0.4, 0.5) is 5.69 Å². The molecule has 1 aromatic rings. The molecule has 0 N–H and O–H groups in total. The van der Waals surface area contributed by atoms with Crippen LogP contribution in [0, 0.1) is 0 Å². The number of rotatable bonds is 0. The van der Waals surface area contributed by atoms with Crippen LogP contribution in [0.1, 0.15) is 42.5 Å². The van der Waals surface area contributed by atoms with E-state index in [9.17, 15) is 9.59 Å². The summed E-state index contributed by atoms with van der Waals surface area (Å²) in [5.74, 6) is -0.616. The Bertz CT molecular complexity index is 586. The van der Waals surface area contributed by atoms with Gasteiger partial charge in [0.05, 0.1) is 5.69 Å². The highest BCUT2D eigenvalue weighted by Crippen LogP contribution is 2.35. The fourth-order valence-electron chi connectivity index (χ4n) is 3.08. The van der Waals surface area contributed by atoms with Gasteiger partial charge in [0, 0.05) is 24.7 Å². The zero-order valence-corrected chi connectivity index (χ0v) is 11.1. The first-order chi connectivity index (χ1) is 9.18. The molecule has 3 nitrogen and oxygen atoms in total. The van der Waals surface area contributed by atoms with Crippen LogP contribution in [0.25, 0.3) is 0 Å². The molecule has 98 valence electrons. The molecule has 3 rings (SSSR count). The summed E-state index contributed by atoms with van der Waals surface area (Å²) in [6.07, 6.45) is 4.53. The highest BCUT2D eigenvalue weighted by molar-refractivity contribution is 6.45. The fourth-order valence-corrected chi connectivity index (χ4v) is 3.08. The quantitative estimate of drug-likeness (QED) is 0.668. The van der Waals surface area contributed by atoms with Crippen molar-refractivity contribution in [3.05, 3.63) is 41.1 Å². The number of carbonyl (C=O) groups is 2. The van der Waals surface area contributed by atoms with Crippen molar-refractivity contribution in [3.8, 4) is 0 Å². The summed E-state index contributed by atoms with van der Waals surface area (Å²) in [5, 5.41) is 0. The van der Waals surface area contributed by atoms with Crippen molar-refractivity contribution in [2.45, 2.75) is 32.1 Å². The van der Waals surface area contributed by atoms with Crippen LogP contribution in [0.2, 0.25) is 0 Å². The Labute approximate surface area is 112 Å². The van der Waals surface area contributed by atoms with Crippen LogP contribution in [-0.4, -0.2) is 18.6 Å². The Morgan fingerprint density at radius 2 is 1.79 bits per heavy atom. The number of carbonyl (C=O) groups excluding carboxylic acids is 2. The average Bonchev–Trinajstić information content (AvgIpc) is 2.45. The molecule has 0 aromatic heterocycles. The van der Waals surface area contributed by atoms with Gasteiger partial charge in [-0.05, 0) is 43.4 Å². The molecule has 0 spiro atoms. The molecule has 1 aliphatic heterocycles. The van der Waals surface area contributed by atoms with Gasteiger partial charge in [-0.15, -0.1) is 0 Å². The lowest BCUT2D eigenvalue weighted by molar-refractivity contribution is -0.114. The van der Waals surface area contributed by atoms with E-state index in [1.54, 1.807) is 6.07 Å². The summed E-state index contributed by atoms with van der Waals surface area (Å²) in [6, 6.07) is 7.40. The third-order valence-electron chi connectivity index (χ3n) is 4.09. The van der Waals surface area contributed by atoms with E-state index in [2.05, 4.69) is 4.90 Å². The second-order valence-corrected chi connectivity index (χ2v) is 5.26.